The fourth-order valence-corrected chi connectivity index (χ4v) is 1.03. The van der Waals surface area contributed by atoms with Gasteiger partial charge in [-0.1, -0.05) is 0 Å². The Morgan fingerprint density at radius 2 is 1.94 bits per heavy atom. The minimum Gasteiger partial charge on any atom is -0.476 e. The van der Waals surface area contributed by atoms with E-state index in [1.807, 2.05) is 0 Å². The zero-order valence-corrected chi connectivity index (χ0v) is 8.50. The maximum atomic E-state index is 13.2. The van der Waals surface area contributed by atoms with E-state index in [9.17, 15) is 13.6 Å². The number of carbonyl (C=O) groups excluding carboxylic acids is 1. The Kier molecular flexibility index (Phi) is 4.19. The van der Waals surface area contributed by atoms with E-state index in [0.29, 0.717) is 0 Å². The van der Waals surface area contributed by atoms with Crippen LogP contribution in [0.5, 0.6) is 5.75 Å². The number of esters is 1. The van der Waals surface area contributed by atoms with Crippen LogP contribution >= 0.6 is 0 Å². The number of carbonyl (C=O) groups is 1. The molecule has 0 fully saturated rings. The maximum Gasteiger partial charge on any atom is 0.343 e. The smallest absolute Gasteiger partial charge is 0.343 e. The zero-order chi connectivity index (χ0) is 12.1. The van der Waals surface area contributed by atoms with Crippen molar-refractivity contribution in [2.24, 2.45) is 0 Å². The number of aliphatic hydroxyl groups is 1. The molecule has 0 spiro atoms. The van der Waals surface area contributed by atoms with Gasteiger partial charge in [0.2, 0.25) is 0 Å². The maximum absolute atomic E-state index is 13.2. The van der Waals surface area contributed by atoms with Crippen LogP contribution in [0.25, 0.3) is 0 Å². The summed E-state index contributed by atoms with van der Waals surface area (Å²) in [6, 6.07) is 1.85. The highest BCUT2D eigenvalue weighted by Gasteiger charge is 2.14. The molecule has 0 bridgehead atoms. The molecule has 0 aliphatic rings. The molecule has 0 aromatic heterocycles. The van der Waals surface area contributed by atoms with Crippen molar-refractivity contribution in [1.82, 2.24) is 0 Å². The Morgan fingerprint density at radius 3 is 2.38 bits per heavy atom. The standard InChI is InChI=1S/C10H10F2O4/c1-15-9(14)5-16-10-7(11)2-6(4-13)3-8(10)12/h2-3,13H,4-5H2,1H3. The molecule has 0 heterocycles. The highest BCUT2D eigenvalue weighted by molar-refractivity contribution is 5.70. The van der Waals surface area contributed by atoms with Gasteiger partial charge in [-0.15, -0.1) is 0 Å². The number of rotatable bonds is 4. The van der Waals surface area contributed by atoms with Crippen LogP contribution in [0.2, 0.25) is 0 Å². The van der Waals surface area contributed by atoms with E-state index >= 15 is 0 Å². The van der Waals surface area contributed by atoms with Crippen molar-refractivity contribution in [3.63, 3.8) is 0 Å². The number of methoxy groups -OCH3 is 1. The Morgan fingerprint density at radius 1 is 1.38 bits per heavy atom. The van der Waals surface area contributed by atoms with E-state index in [2.05, 4.69) is 9.47 Å². The normalized spacial score (nSPS) is 10.0. The fourth-order valence-electron chi connectivity index (χ4n) is 1.03. The lowest BCUT2D eigenvalue weighted by atomic mass is 10.2. The molecular weight excluding hydrogens is 222 g/mol. The topological polar surface area (TPSA) is 55.8 Å². The van der Waals surface area contributed by atoms with Gasteiger partial charge >= 0.3 is 5.97 Å². The second-order valence-corrected chi connectivity index (χ2v) is 2.91. The molecule has 1 aromatic carbocycles. The summed E-state index contributed by atoms with van der Waals surface area (Å²) in [6.45, 7) is -1.06. The monoisotopic (exact) mass is 232 g/mol. The molecule has 1 N–H and O–H groups in total. The first-order valence-electron chi connectivity index (χ1n) is 4.37. The molecule has 0 saturated heterocycles. The van der Waals surface area contributed by atoms with Crippen molar-refractivity contribution >= 4 is 5.97 Å². The zero-order valence-electron chi connectivity index (χ0n) is 8.50. The van der Waals surface area contributed by atoms with Crippen molar-refractivity contribution in [3.8, 4) is 5.75 Å². The highest BCUT2D eigenvalue weighted by atomic mass is 19.1. The minimum atomic E-state index is -0.979. The van der Waals surface area contributed by atoms with E-state index in [1.54, 1.807) is 0 Å². The summed E-state index contributed by atoms with van der Waals surface area (Å²) in [5, 5.41) is 8.69. The Balaban J connectivity index is 2.84. The molecular formula is C10H10F2O4. The summed E-state index contributed by atoms with van der Waals surface area (Å²) in [5.41, 5.74) is 0.0837. The Labute approximate surface area is 90.4 Å². The van der Waals surface area contributed by atoms with Gasteiger partial charge in [0, 0.05) is 0 Å². The van der Waals surface area contributed by atoms with Gasteiger partial charge in [-0.25, -0.2) is 13.6 Å². The third-order valence-corrected chi connectivity index (χ3v) is 1.80. The van der Waals surface area contributed by atoms with Gasteiger partial charge in [-0.2, -0.15) is 0 Å². The van der Waals surface area contributed by atoms with Gasteiger partial charge in [-0.3, -0.25) is 0 Å². The van der Waals surface area contributed by atoms with Crippen LogP contribution in [-0.2, 0) is 16.1 Å². The Bertz CT molecular complexity index is 369. The first kappa shape index (κ1) is 12.4. The van der Waals surface area contributed by atoms with Crippen LogP contribution in [0, 0.1) is 11.6 Å². The first-order chi connectivity index (χ1) is 7.58. The SMILES string of the molecule is COC(=O)COc1c(F)cc(CO)cc1F. The van der Waals surface area contributed by atoms with Gasteiger partial charge in [-0.05, 0) is 17.7 Å². The largest absolute Gasteiger partial charge is 0.476 e. The number of hydrogen-bond acceptors (Lipinski definition) is 4. The van der Waals surface area contributed by atoms with Gasteiger partial charge in [0.1, 0.15) is 0 Å². The second kappa shape index (κ2) is 5.41. The number of benzene rings is 1. The van der Waals surface area contributed by atoms with Crippen LogP contribution in [-0.4, -0.2) is 24.8 Å². The molecule has 1 aromatic rings. The van der Waals surface area contributed by atoms with E-state index < -0.39 is 36.6 Å². The van der Waals surface area contributed by atoms with Crippen molar-refractivity contribution in [1.29, 1.82) is 0 Å². The van der Waals surface area contributed by atoms with E-state index in [-0.39, 0.29) is 5.56 Å². The number of ether oxygens (including phenoxy) is 2. The molecule has 0 radical (unpaired) electrons. The lowest BCUT2D eigenvalue weighted by molar-refractivity contribution is -0.143. The minimum absolute atomic E-state index is 0.0837. The summed E-state index contributed by atoms with van der Waals surface area (Å²) in [7, 11) is 1.13. The Hall–Kier alpha value is -1.69. The molecule has 0 saturated carbocycles. The molecule has 0 aliphatic heterocycles. The third-order valence-electron chi connectivity index (χ3n) is 1.80. The molecule has 4 nitrogen and oxygen atoms in total. The molecule has 0 atom stereocenters. The van der Waals surface area contributed by atoms with Crippen LogP contribution in [0.1, 0.15) is 5.56 Å². The molecule has 0 aliphatic carbocycles. The number of aliphatic hydroxyl groups excluding tert-OH is 1. The molecule has 0 amide bonds. The van der Waals surface area contributed by atoms with Crippen molar-refractivity contribution in [3.05, 3.63) is 29.3 Å². The predicted octanol–water partition coefficient (Wildman–Crippen LogP) is 1.01. The van der Waals surface area contributed by atoms with Crippen LogP contribution in [0.3, 0.4) is 0 Å². The number of hydrogen-bond donors (Lipinski definition) is 1. The quantitative estimate of drug-likeness (QED) is 0.787. The van der Waals surface area contributed by atoms with Gasteiger partial charge < -0.3 is 14.6 Å². The second-order valence-electron chi connectivity index (χ2n) is 2.91. The van der Waals surface area contributed by atoms with Crippen LogP contribution in [0.15, 0.2) is 12.1 Å². The van der Waals surface area contributed by atoms with Gasteiger partial charge in [0.05, 0.1) is 13.7 Å². The molecule has 16 heavy (non-hydrogen) atoms. The van der Waals surface area contributed by atoms with E-state index in [4.69, 9.17) is 5.11 Å². The summed E-state index contributed by atoms with van der Waals surface area (Å²) in [5.74, 6) is -3.37. The first-order valence-corrected chi connectivity index (χ1v) is 4.37. The van der Waals surface area contributed by atoms with Crippen molar-refractivity contribution in [2.75, 3.05) is 13.7 Å². The summed E-state index contributed by atoms with van der Waals surface area (Å²) in [4.78, 5) is 10.7. The van der Waals surface area contributed by atoms with E-state index in [0.717, 1.165) is 19.2 Å². The predicted molar refractivity (Wildman–Crippen MR) is 49.8 cm³/mol. The van der Waals surface area contributed by atoms with Crippen LogP contribution < -0.4 is 4.74 Å². The highest BCUT2D eigenvalue weighted by Crippen LogP contribution is 2.23. The molecule has 88 valence electrons. The summed E-state index contributed by atoms with van der Waals surface area (Å²) in [6.07, 6.45) is 0. The summed E-state index contributed by atoms with van der Waals surface area (Å²) >= 11 is 0. The lowest BCUT2D eigenvalue weighted by Crippen LogP contribution is -2.14. The molecule has 6 heteroatoms. The third kappa shape index (κ3) is 2.90. The lowest BCUT2D eigenvalue weighted by Gasteiger charge is -2.08. The van der Waals surface area contributed by atoms with Crippen molar-refractivity contribution < 1.29 is 28.2 Å². The number of halogens is 2. The molecule has 0 unspecified atom stereocenters. The molecule has 1 rings (SSSR count). The van der Waals surface area contributed by atoms with Crippen molar-refractivity contribution in [2.45, 2.75) is 6.61 Å². The van der Waals surface area contributed by atoms with Gasteiger partial charge in [0.25, 0.3) is 0 Å². The van der Waals surface area contributed by atoms with E-state index in [1.165, 1.54) is 0 Å². The average molecular weight is 232 g/mol. The van der Waals surface area contributed by atoms with Crippen LogP contribution in [0.4, 0.5) is 8.78 Å². The fraction of sp³-hybridized carbons (Fsp3) is 0.300. The average Bonchev–Trinajstić information content (AvgIpc) is 2.27. The summed E-state index contributed by atoms with van der Waals surface area (Å²) < 4.78 is 35.3. The van der Waals surface area contributed by atoms with Gasteiger partial charge in [0.15, 0.2) is 24.0 Å².